The highest BCUT2D eigenvalue weighted by atomic mass is 79.9. The first-order chi connectivity index (χ1) is 11.0. The summed E-state index contributed by atoms with van der Waals surface area (Å²) in [6, 6.07) is 5.32. The minimum absolute atomic E-state index is 0.0200. The van der Waals surface area contributed by atoms with E-state index in [0.717, 1.165) is 23.9 Å². The average molecular weight is 383 g/mol. The average Bonchev–Trinajstić information content (AvgIpc) is 3.04. The van der Waals surface area contributed by atoms with Gasteiger partial charge in [0.1, 0.15) is 12.3 Å². The number of benzene rings is 1. The lowest BCUT2D eigenvalue weighted by Gasteiger charge is -2.29. The Balaban J connectivity index is 1.67. The second kappa shape index (κ2) is 6.88. The number of fused-ring (bicyclic) bond motifs is 1. The fraction of sp³-hybridized carbons (Fsp3) is 0.500. The number of carbonyl (C=O) groups is 2. The van der Waals surface area contributed by atoms with E-state index >= 15 is 0 Å². The van der Waals surface area contributed by atoms with Crippen molar-refractivity contribution in [3.63, 3.8) is 0 Å². The predicted octanol–water partition coefficient (Wildman–Crippen LogP) is 1.86. The molecule has 2 aliphatic heterocycles. The highest BCUT2D eigenvalue weighted by Crippen LogP contribution is 2.34. The SMILES string of the molecule is CC(NC(=O)CN1C(=O)COc2cc(Br)ccc21)C1CCCO1. The molecule has 0 spiro atoms. The maximum atomic E-state index is 12.3. The van der Waals surface area contributed by atoms with Gasteiger partial charge in [0.2, 0.25) is 5.91 Å². The van der Waals surface area contributed by atoms with Crippen LogP contribution in [0.2, 0.25) is 0 Å². The van der Waals surface area contributed by atoms with E-state index in [2.05, 4.69) is 21.2 Å². The summed E-state index contributed by atoms with van der Waals surface area (Å²) in [6.07, 6.45) is 2.03. The van der Waals surface area contributed by atoms with E-state index in [4.69, 9.17) is 9.47 Å². The predicted molar refractivity (Wildman–Crippen MR) is 88.6 cm³/mol. The van der Waals surface area contributed by atoms with Crippen LogP contribution in [0.1, 0.15) is 19.8 Å². The molecule has 0 radical (unpaired) electrons. The molecule has 2 unspecified atom stereocenters. The molecule has 0 aromatic heterocycles. The molecule has 1 N–H and O–H groups in total. The third-order valence-corrected chi connectivity index (χ3v) is 4.57. The Labute approximate surface area is 143 Å². The van der Waals surface area contributed by atoms with Crippen molar-refractivity contribution in [1.82, 2.24) is 5.32 Å². The fourth-order valence-corrected chi connectivity index (χ4v) is 3.22. The summed E-state index contributed by atoms with van der Waals surface area (Å²) in [7, 11) is 0. The molecule has 1 aromatic rings. The summed E-state index contributed by atoms with van der Waals surface area (Å²) in [4.78, 5) is 25.9. The number of rotatable bonds is 4. The monoisotopic (exact) mass is 382 g/mol. The molecule has 2 amide bonds. The van der Waals surface area contributed by atoms with Gasteiger partial charge >= 0.3 is 0 Å². The first-order valence-electron chi connectivity index (χ1n) is 7.68. The minimum atomic E-state index is -0.222. The van der Waals surface area contributed by atoms with Crippen molar-refractivity contribution >= 4 is 33.4 Å². The van der Waals surface area contributed by atoms with Gasteiger partial charge in [-0.25, -0.2) is 0 Å². The first-order valence-corrected chi connectivity index (χ1v) is 8.47. The Kier molecular flexibility index (Phi) is 4.87. The Hall–Kier alpha value is -1.60. The second-order valence-electron chi connectivity index (χ2n) is 5.79. The lowest BCUT2D eigenvalue weighted by atomic mass is 10.1. The quantitative estimate of drug-likeness (QED) is 0.862. The molecule has 3 rings (SSSR count). The van der Waals surface area contributed by atoms with Crippen LogP contribution in [-0.4, -0.2) is 43.7 Å². The molecule has 7 heteroatoms. The smallest absolute Gasteiger partial charge is 0.265 e. The van der Waals surface area contributed by atoms with Crippen molar-refractivity contribution in [3.05, 3.63) is 22.7 Å². The summed E-state index contributed by atoms with van der Waals surface area (Å²) < 4.78 is 11.9. The van der Waals surface area contributed by atoms with E-state index < -0.39 is 0 Å². The number of anilines is 1. The second-order valence-corrected chi connectivity index (χ2v) is 6.70. The van der Waals surface area contributed by atoms with Gasteiger partial charge in [-0.2, -0.15) is 0 Å². The number of hydrogen-bond donors (Lipinski definition) is 1. The third-order valence-electron chi connectivity index (χ3n) is 4.08. The number of nitrogens with one attached hydrogen (secondary N) is 1. The molecule has 6 nitrogen and oxygen atoms in total. The molecule has 1 saturated heterocycles. The van der Waals surface area contributed by atoms with Crippen LogP contribution >= 0.6 is 15.9 Å². The third kappa shape index (κ3) is 3.67. The summed E-state index contributed by atoms with van der Waals surface area (Å²) in [5.41, 5.74) is 0.615. The molecule has 2 heterocycles. The number of amides is 2. The summed E-state index contributed by atoms with van der Waals surface area (Å²) in [5, 5.41) is 2.92. The summed E-state index contributed by atoms with van der Waals surface area (Å²) in [5.74, 6) is 0.177. The lowest BCUT2D eigenvalue weighted by Crippen LogP contribution is -2.49. The molecule has 2 aliphatic rings. The normalized spacial score (nSPS) is 21.6. The molecule has 1 aromatic carbocycles. The van der Waals surface area contributed by atoms with Gasteiger partial charge in [-0.15, -0.1) is 0 Å². The molecular formula is C16H19BrN2O4. The van der Waals surface area contributed by atoms with Crippen molar-refractivity contribution in [1.29, 1.82) is 0 Å². The lowest BCUT2D eigenvalue weighted by molar-refractivity contribution is -0.126. The van der Waals surface area contributed by atoms with Crippen LogP contribution in [0.25, 0.3) is 0 Å². The number of nitrogens with zero attached hydrogens (tertiary/aromatic N) is 1. The van der Waals surface area contributed by atoms with Crippen LogP contribution in [0.3, 0.4) is 0 Å². The van der Waals surface area contributed by atoms with E-state index in [0.29, 0.717) is 11.4 Å². The van der Waals surface area contributed by atoms with Crippen molar-refractivity contribution in [3.8, 4) is 5.75 Å². The van der Waals surface area contributed by atoms with E-state index in [1.54, 1.807) is 12.1 Å². The molecule has 0 bridgehead atoms. The Morgan fingerprint density at radius 3 is 3.09 bits per heavy atom. The molecule has 0 aliphatic carbocycles. The zero-order valence-electron chi connectivity index (χ0n) is 12.9. The fourth-order valence-electron chi connectivity index (χ4n) is 2.88. The van der Waals surface area contributed by atoms with Gasteiger partial charge in [-0.05, 0) is 38.0 Å². The van der Waals surface area contributed by atoms with Gasteiger partial charge in [-0.3, -0.25) is 14.5 Å². The van der Waals surface area contributed by atoms with Crippen LogP contribution in [0.5, 0.6) is 5.75 Å². The van der Waals surface area contributed by atoms with E-state index in [1.807, 2.05) is 13.0 Å². The maximum absolute atomic E-state index is 12.3. The zero-order valence-corrected chi connectivity index (χ0v) is 14.5. The summed E-state index contributed by atoms with van der Waals surface area (Å²) in [6.45, 7) is 2.60. The number of ether oxygens (including phenoxy) is 2. The Morgan fingerprint density at radius 1 is 1.52 bits per heavy atom. The highest BCUT2D eigenvalue weighted by Gasteiger charge is 2.29. The first kappa shape index (κ1) is 16.3. The van der Waals surface area contributed by atoms with E-state index in [1.165, 1.54) is 4.90 Å². The maximum Gasteiger partial charge on any atom is 0.265 e. The van der Waals surface area contributed by atoms with Gasteiger partial charge in [0.15, 0.2) is 6.61 Å². The van der Waals surface area contributed by atoms with Gasteiger partial charge in [0, 0.05) is 11.1 Å². The van der Waals surface area contributed by atoms with E-state index in [9.17, 15) is 9.59 Å². The number of hydrogen-bond acceptors (Lipinski definition) is 4. The van der Waals surface area contributed by atoms with Crippen molar-refractivity contribution in [2.75, 3.05) is 24.7 Å². The van der Waals surface area contributed by atoms with Gasteiger partial charge in [0.25, 0.3) is 5.91 Å². The van der Waals surface area contributed by atoms with Crippen molar-refractivity contribution in [2.24, 2.45) is 0 Å². The van der Waals surface area contributed by atoms with Gasteiger partial charge in [-0.1, -0.05) is 15.9 Å². The van der Waals surface area contributed by atoms with Crippen molar-refractivity contribution < 1.29 is 19.1 Å². The standard InChI is InChI=1S/C16H19BrN2O4/c1-10(13-3-2-6-22-13)18-15(20)8-19-12-5-4-11(17)7-14(12)23-9-16(19)21/h4-5,7,10,13H,2-3,6,8-9H2,1H3,(H,18,20). The van der Waals surface area contributed by atoms with Crippen LogP contribution in [0, 0.1) is 0 Å². The molecule has 23 heavy (non-hydrogen) atoms. The van der Waals surface area contributed by atoms with Gasteiger partial charge in [0.05, 0.1) is 17.8 Å². The number of halogens is 1. The minimum Gasteiger partial charge on any atom is -0.482 e. The van der Waals surface area contributed by atoms with Gasteiger partial charge < -0.3 is 14.8 Å². The van der Waals surface area contributed by atoms with Crippen LogP contribution < -0.4 is 15.0 Å². The molecule has 0 saturated carbocycles. The van der Waals surface area contributed by atoms with Crippen molar-refractivity contribution in [2.45, 2.75) is 31.9 Å². The molecule has 124 valence electrons. The van der Waals surface area contributed by atoms with E-state index in [-0.39, 0.29) is 37.1 Å². The molecule has 1 fully saturated rings. The van der Waals surface area contributed by atoms with Crippen LogP contribution in [-0.2, 0) is 14.3 Å². The topological polar surface area (TPSA) is 67.9 Å². The van der Waals surface area contributed by atoms with Crippen LogP contribution in [0.4, 0.5) is 5.69 Å². The zero-order chi connectivity index (χ0) is 16.4. The molecule has 2 atom stereocenters. The molecular weight excluding hydrogens is 364 g/mol. The summed E-state index contributed by atoms with van der Waals surface area (Å²) >= 11 is 3.37. The number of carbonyl (C=O) groups excluding carboxylic acids is 2. The van der Waals surface area contributed by atoms with Crippen LogP contribution in [0.15, 0.2) is 22.7 Å². The largest absolute Gasteiger partial charge is 0.482 e. The highest BCUT2D eigenvalue weighted by molar-refractivity contribution is 9.10. The Morgan fingerprint density at radius 2 is 2.35 bits per heavy atom. The Bertz CT molecular complexity index is 616.